The second-order valence-corrected chi connectivity index (χ2v) is 3.46. The Balaban J connectivity index is 2.28. The van der Waals surface area contributed by atoms with Crippen LogP contribution in [0.2, 0.25) is 0 Å². The molecule has 6 nitrogen and oxygen atoms in total. The summed E-state index contributed by atoms with van der Waals surface area (Å²) in [5, 5.41) is 13.8. The lowest BCUT2D eigenvalue weighted by atomic mass is 10.3. The van der Waals surface area contributed by atoms with Gasteiger partial charge in [-0.1, -0.05) is 0 Å². The van der Waals surface area contributed by atoms with E-state index in [4.69, 9.17) is 0 Å². The van der Waals surface area contributed by atoms with Gasteiger partial charge in [0.25, 0.3) is 0 Å². The van der Waals surface area contributed by atoms with Crippen LogP contribution in [0.25, 0.3) is 0 Å². The van der Waals surface area contributed by atoms with Crippen molar-refractivity contribution in [1.29, 1.82) is 0 Å². The molecule has 1 unspecified atom stereocenters. The molecular weight excluding hydrogens is 194 g/mol. The molecule has 1 heterocycles. The number of aryl methyl sites for hydroxylation is 1. The number of nitrogens with zero attached hydrogens (tertiary/aromatic N) is 3. The van der Waals surface area contributed by atoms with Gasteiger partial charge in [0.2, 0.25) is 5.91 Å². The van der Waals surface area contributed by atoms with Gasteiger partial charge in [-0.2, -0.15) is 0 Å². The molecule has 0 aliphatic heterocycles. The van der Waals surface area contributed by atoms with Crippen LogP contribution in [0.5, 0.6) is 0 Å². The fourth-order valence-corrected chi connectivity index (χ4v) is 1.30. The molecule has 6 heteroatoms. The molecule has 0 fully saturated rings. The highest BCUT2D eigenvalue weighted by Crippen LogP contribution is 2.05. The summed E-state index contributed by atoms with van der Waals surface area (Å²) in [4.78, 5) is 10.6. The molecule has 0 aliphatic rings. The molecule has 0 radical (unpaired) electrons. The molecule has 2 N–H and O–H groups in total. The van der Waals surface area contributed by atoms with Gasteiger partial charge in [-0.3, -0.25) is 4.79 Å². The van der Waals surface area contributed by atoms with Crippen molar-refractivity contribution in [1.82, 2.24) is 25.4 Å². The predicted molar refractivity (Wildman–Crippen MR) is 56.1 cm³/mol. The Bertz CT molecular complexity index is 322. The molecule has 1 aromatic rings. The zero-order chi connectivity index (χ0) is 11.3. The lowest BCUT2D eigenvalue weighted by molar-refractivity contribution is -0.118. The highest BCUT2D eigenvalue weighted by Gasteiger charge is 2.09. The fraction of sp³-hybridized carbons (Fsp3) is 0.667. The summed E-state index contributed by atoms with van der Waals surface area (Å²) in [5.74, 6) is 0.876. The number of nitrogens with one attached hydrogen (secondary N) is 2. The second-order valence-electron chi connectivity index (χ2n) is 3.46. The van der Waals surface area contributed by atoms with E-state index in [9.17, 15) is 4.79 Å². The third-order valence-corrected chi connectivity index (χ3v) is 2.08. The number of amides is 1. The topological polar surface area (TPSA) is 71.8 Å². The second kappa shape index (κ2) is 5.45. The highest BCUT2D eigenvalue weighted by atomic mass is 16.1. The maximum atomic E-state index is 10.6. The van der Waals surface area contributed by atoms with E-state index >= 15 is 0 Å². The maximum Gasteiger partial charge on any atom is 0.216 e. The molecular formula is C9H17N5O. The van der Waals surface area contributed by atoms with Crippen molar-refractivity contribution in [2.75, 3.05) is 13.1 Å². The minimum absolute atomic E-state index is 0.0110. The Kier molecular flexibility index (Phi) is 4.23. The third-order valence-electron chi connectivity index (χ3n) is 2.08. The zero-order valence-corrected chi connectivity index (χ0v) is 9.32. The highest BCUT2D eigenvalue weighted by molar-refractivity contribution is 5.72. The summed E-state index contributed by atoms with van der Waals surface area (Å²) < 4.78 is 1.87. The number of hydrogen-bond donors (Lipinski definition) is 2. The Morgan fingerprint density at radius 1 is 1.60 bits per heavy atom. The van der Waals surface area contributed by atoms with Crippen molar-refractivity contribution in [2.24, 2.45) is 7.05 Å². The van der Waals surface area contributed by atoms with Gasteiger partial charge in [-0.25, -0.2) is 0 Å². The smallest absolute Gasteiger partial charge is 0.216 e. The number of hydrogen-bond acceptors (Lipinski definition) is 4. The number of carbonyl (C=O) groups excluding carboxylic acids is 1. The average Bonchev–Trinajstić information content (AvgIpc) is 2.58. The van der Waals surface area contributed by atoms with Crippen molar-refractivity contribution in [2.45, 2.75) is 19.9 Å². The van der Waals surface area contributed by atoms with Crippen LogP contribution < -0.4 is 10.6 Å². The molecule has 0 saturated heterocycles. The van der Waals surface area contributed by atoms with Gasteiger partial charge in [0.15, 0.2) is 0 Å². The summed E-state index contributed by atoms with van der Waals surface area (Å²) in [6, 6.07) is 0.131. The van der Waals surface area contributed by atoms with E-state index in [1.54, 1.807) is 6.33 Å². The van der Waals surface area contributed by atoms with Crippen LogP contribution in [0, 0.1) is 0 Å². The number of aromatic nitrogens is 3. The number of carbonyl (C=O) groups is 1. The predicted octanol–water partition coefficient (Wildman–Crippen LogP) is -0.398. The summed E-state index contributed by atoms with van der Waals surface area (Å²) in [6.45, 7) is 4.86. The van der Waals surface area contributed by atoms with Crippen molar-refractivity contribution in [3.63, 3.8) is 0 Å². The van der Waals surface area contributed by atoms with Gasteiger partial charge in [0.1, 0.15) is 12.2 Å². The standard InChI is InChI=1S/C9H17N5O/c1-7(9-13-12-6-14(9)3)10-4-5-11-8(2)15/h6-7,10H,4-5H2,1-3H3,(H,11,15). The lowest BCUT2D eigenvalue weighted by Crippen LogP contribution is -2.32. The molecule has 0 spiro atoms. The summed E-state index contributed by atoms with van der Waals surface area (Å²) in [6.07, 6.45) is 1.67. The molecule has 1 amide bonds. The van der Waals surface area contributed by atoms with Crippen LogP contribution in [-0.4, -0.2) is 33.8 Å². The maximum absolute atomic E-state index is 10.6. The summed E-state index contributed by atoms with van der Waals surface area (Å²) >= 11 is 0. The minimum atomic E-state index is -0.0110. The van der Waals surface area contributed by atoms with E-state index in [1.165, 1.54) is 6.92 Å². The molecule has 1 rings (SSSR count). The molecule has 0 aromatic carbocycles. The largest absolute Gasteiger partial charge is 0.355 e. The normalized spacial score (nSPS) is 12.5. The monoisotopic (exact) mass is 211 g/mol. The minimum Gasteiger partial charge on any atom is -0.355 e. The van der Waals surface area contributed by atoms with Crippen molar-refractivity contribution < 1.29 is 4.79 Å². The Labute approximate surface area is 89.1 Å². The van der Waals surface area contributed by atoms with Gasteiger partial charge in [0, 0.05) is 27.1 Å². The summed E-state index contributed by atoms with van der Waals surface area (Å²) in [7, 11) is 1.90. The number of rotatable bonds is 5. The fourth-order valence-electron chi connectivity index (χ4n) is 1.30. The first kappa shape index (κ1) is 11.6. The molecule has 1 atom stereocenters. The van der Waals surface area contributed by atoms with Gasteiger partial charge in [-0.15, -0.1) is 10.2 Å². The molecule has 0 aliphatic carbocycles. The van der Waals surface area contributed by atoms with Crippen LogP contribution in [0.4, 0.5) is 0 Å². The molecule has 84 valence electrons. The SMILES string of the molecule is CC(=O)NCCNC(C)c1nncn1C. The Morgan fingerprint density at radius 3 is 2.87 bits per heavy atom. The van der Waals surface area contributed by atoms with Crippen molar-refractivity contribution in [3.8, 4) is 0 Å². The average molecular weight is 211 g/mol. The molecule has 0 saturated carbocycles. The van der Waals surface area contributed by atoms with Crippen LogP contribution in [-0.2, 0) is 11.8 Å². The Morgan fingerprint density at radius 2 is 2.33 bits per heavy atom. The lowest BCUT2D eigenvalue weighted by Gasteiger charge is -2.12. The zero-order valence-electron chi connectivity index (χ0n) is 9.32. The summed E-state index contributed by atoms with van der Waals surface area (Å²) in [5.41, 5.74) is 0. The van der Waals surface area contributed by atoms with E-state index in [0.717, 1.165) is 5.82 Å². The third kappa shape index (κ3) is 3.67. The van der Waals surface area contributed by atoms with Crippen LogP contribution in [0.1, 0.15) is 25.7 Å². The molecule has 15 heavy (non-hydrogen) atoms. The van der Waals surface area contributed by atoms with E-state index in [2.05, 4.69) is 20.8 Å². The van der Waals surface area contributed by atoms with Crippen LogP contribution in [0.3, 0.4) is 0 Å². The van der Waals surface area contributed by atoms with Crippen molar-refractivity contribution >= 4 is 5.91 Å². The first-order valence-electron chi connectivity index (χ1n) is 4.93. The van der Waals surface area contributed by atoms with E-state index in [-0.39, 0.29) is 11.9 Å². The van der Waals surface area contributed by atoms with E-state index in [1.807, 2.05) is 18.5 Å². The van der Waals surface area contributed by atoms with Crippen LogP contribution in [0.15, 0.2) is 6.33 Å². The Hall–Kier alpha value is -1.43. The van der Waals surface area contributed by atoms with Gasteiger partial charge in [0.05, 0.1) is 6.04 Å². The van der Waals surface area contributed by atoms with Gasteiger partial charge < -0.3 is 15.2 Å². The first-order chi connectivity index (χ1) is 7.11. The van der Waals surface area contributed by atoms with Gasteiger partial charge in [-0.05, 0) is 6.92 Å². The van der Waals surface area contributed by atoms with Crippen LogP contribution >= 0.6 is 0 Å². The quantitative estimate of drug-likeness (QED) is 0.650. The molecule has 0 bridgehead atoms. The van der Waals surface area contributed by atoms with E-state index < -0.39 is 0 Å². The van der Waals surface area contributed by atoms with Gasteiger partial charge >= 0.3 is 0 Å². The first-order valence-corrected chi connectivity index (χ1v) is 4.93. The van der Waals surface area contributed by atoms with E-state index in [0.29, 0.717) is 13.1 Å². The molecule has 1 aromatic heterocycles. The van der Waals surface area contributed by atoms with Crippen molar-refractivity contribution in [3.05, 3.63) is 12.2 Å².